The number of esters is 1. The Morgan fingerprint density at radius 1 is 0.792 bits per heavy atom. The molecule has 24 heavy (non-hydrogen) atoms. The van der Waals surface area contributed by atoms with Crippen LogP contribution in [0.4, 0.5) is 0 Å². The molecule has 0 aliphatic heterocycles. The fourth-order valence-electron chi connectivity index (χ4n) is 2.50. The number of carbonyl (C=O) groups excluding carboxylic acids is 1. The summed E-state index contributed by atoms with van der Waals surface area (Å²) in [6.45, 7) is 0.249. The van der Waals surface area contributed by atoms with Crippen LogP contribution in [0, 0.1) is 0 Å². The first-order chi connectivity index (χ1) is 11.8. The molecule has 0 aliphatic rings. The van der Waals surface area contributed by atoms with Gasteiger partial charge in [-0.2, -0.15) is 0 Å². The third-order valence-electron chi connectivity index (χ3n) is 3.81. The molecule has 3 aromatic carbocycles. The number of benzene rings is 3. The van der Waals surface area contributed by atoms with Crippen LogP contribution >= 0.6 is 0 Å². The number of ether oxygens (including phenoxy) is 1. The predicted molar refractivity (Wildman–Crippen MR) is 93.4 cm³/mol. The molecule has 0 atom stereocenters. The van der Waals surface area contributed by atoms with Gasteiger partial charge in [0.15, 0.2) is 0 Å². The third-order valence-corrected chi connectivity index (χ3v) is 3.81. The van der Waals surface area contributed by atoms with Crippen LogP contribution < -0.4 is 0 Å². The lowest BCUT2D eigenvalue weighted by molar-refractivity contribution is 0.0473. The predicted octanol–water partition coefficient (Wildman–Crippen LogP) is 4.20. The zero-order valence-corrected chi connectivity index (χ0v) is 13.2. The highest BCUT2D eigenvalue weighted by molar-refractivity contribution is 5.97. The molecule has 0 spiro atoms. The molecule has 0 radical (unpaired) electrons. The van der Waals surface area contributed by atoms with Gasteiger partial charge in [-0.05, 0) is 28.3 Å². The van der Waals surface area contributed by atoms with Gasteiger partial charge in [-0.3, -0.25) is 0 Å². The SMILES string of the molecule is O=C(OCc1ccccc1)c1ccccc1-c1ccc(CO)cc1. The Labute approximate surface area is 141 Å². The smallest absolute Gasteiger partial charge is 0.339 e. The normalized spacial score (nSPS) is 10.4. The molecule has 0 unspecified atom stereocenters. The van der Waals surface area contributed by atoms with Gasteiger partial charge in [-0.25, -0.2) is 4.79 Å². The van der Waals surface area contributed by atoms with Gasteiger partial charge in [0.1, 0.15) is 6.61 Å². The molecular formula is C21H18O3. The average Bonchev–Trinajstić information content (AvgIpc) is 2.67. The minimum Gasteiger partial charge on any atom is -0.457 e. The van der Waals surface area contributed by atoms with Crippen molar-refractivity contribution in [3.63, 3.8) is 0 Å². The second-order valence-electron chi connectivity index (χ2n) is 5.46. The zero-order chi connectivity index (χ0) is 16.8. The van der Waals surface area contributed by atoms with Crippen molar-refractivity contribution in [2.24, 2.45) is 0 Å². The van der Waals surface area contributed by atoms with Crippen LogP contribution in [0.3, 0.4) is 0 Å². The minimum absolute atomic E-state index is 0.00104. The highest BCUT2D eigenvalue weighted by Crippen LogP contribution is 2.25. The Hall–Kier alpha value is -2.91. The van der Waals surface area contributed by atoms with Crippen molar-refractivity contribution >= 4 is 5.97 Å². The first-order valence-electron chi connectivity index (χ1n) is 7.78. The van der Waals surface area contributed by atoms with Gasteiger partial charge < -0.3 is 9.84 Å². The van der Waals surface area contributed by atoms with E-state index in [1.165, 1.54) is 0 Å². The van der Waals surface area contributed by atoms with Crippen molar-refractivity contribution in [1.29, 1.82) is 0 Å². The number of hydrogen-bond donors (Lipinski definition) is 1. The van der Waals surface area contributed by atoms with E-state index in [0.29, 0.717) is 5.56 Å². The second kappa shape index (κ2) is 7.57. The average molecular weight is 318 g/mol. The molecule has 0 saturated carbocycles. The van der Waals surface area contributed by atoms with Gasteiger partial charge in [0.25, 0.3) is 0 Å². The van der Waals surface area contributed by atoms with E-state index in [1.54, 1.807) is 6.07 Å². The number of rotatable bonds is 5. The topological polar surface area (TPSA) is 46.5 Å². The van der Waals surface area contributed by atoms with Crippen LogP contribution in [-0.2, 0) is 18.0 Å². The highest BCUT2D eigenvalue weighted by Gasteiger charge is 2.13. The fraction of sp³-hybridized carbons (Fsp3) is 0.0952. The summed E-state index contributed by atoms with van der Waals surface area (Å²) in [6, 6.07) is 24.5. The van der Waals surface area contributed by atoms with Crippen LogP contribution in [0.2, 0.25) is 0 Å². The van der Waals surface area contributed by atoms with Crippen LogP contribution in [0.1, 0.15) is 21.5 Å². The molecule has 0 saturated heterocycles. The van der Waals surface area contributed by atoms with Gasteiger partial charge >= 0.3 is 5.97 Å². The lowest BCUT2D eigenvalue weighted by Gasteiger charge is -2.10. The van der Waals surface area contributed by atoms with E-state index in [9.17, 15) is 4.79 Å². The Morgan fingerprint density at radius 3 is 2.17 bits per heavy atom. The Kier molecular flexibility index (Phi) is 5.04. The lowest BCUT2D eigenvalue weighted by atomic mass is 9.99. The fourth-order valence-corrected chi connectivity index (χ4v) is 2.50. The van der Waals surface area contributed by atoms with E-state index >= 15 is 0 Å². The minimum atomic E-state index is -0.347. The summed E-state index contributed by atoms with van der Waals surface area (Å²) in [5.74, 6) is -0.347. The maximum Gasteiger partial charge on any atom is 0.339 e. The van der Waals surface area contributed by atoms with Gasteiger partial charge in [0, 0.05) is 0 Å². The van der Waals surface area contributed by atoms with Crippen LogP contribution in [-0.4, -0.2) is 11.1 Å². The summed E-state index contributed by atoms with van der Waals surface area (Å²) in [7, 11) is 0. The quantitative estimate of drug-likeness (QED) is 0.717. The van der Waals surface area contributed by atoms with E-state index < -0.39 is 0 Å². The molecule has 3 rings (SSSR count). The van der Waals surface area contributed by atoms with Gasteiger partial charge in [-0.1, -0.05) is 72.8 Å². The van der Waals surface area contributed by atoms with Crippen LogP contribution in [0.5, 0.6) is 0 Å². The largest absolute Gasteiger partial charge is 0.457 e. The van der Waals surface area contributed by atoms with E-state index in [-0.39, 0.29) is 19.2 Å². The summed E-state index contributed by atoms with van der Waals surface area (Å²) < 4.78 is 5.44. The van der Waals surface area contributed by atoms with E-state index in [2.05, 4.69) is 0 Å². The molecule has 0 heterocycles. The molecule has 0 bridgehead atoms. The maximum atomic E-state index is 12.5. The third kappa shape index (κ3) is 3.70. The molecule has 0 aromatic heterocycles. The summed E-state index contributed by atoms with van der Waals surface area (Å²) in [5, 5.41) is 9.15. The maximum absolute atomic E-state index is 12.5. The van der Waals surface area contributed by atoms with Crippen molar-refractivity contribution in [2.45, 2.75) is 13.2 Å². The summed E-state index contributed by atoms with van der Waals surface area (Å²) in [5.41, 5.74) is 4.06. The Bertz CT molecular complexity index is 808. The van der Waals surface area contributed by atoms with E-state index in [0.717, 1.165) is 22.3 Å². The molecule has 120 valence electrons. The first-order valence-corrected chi connectivity index (χ1v) is 7.78. The van der Waals surface area contributed by atoms with Crippen molar-refractivity contribution in [3.05, 3.63) is 95.6 Å². The van der Waals surface area contributed by atoms with Gasteiger partial charge in [-0.15, -0.1) is 0 Å². The molecular weight excluding hydrogens is 300 g/mol. The Morgan fingerprint density at radius 2 is 1.46 bits per heavy atom. The highest BCUT2D eigenvalue weighted by atomic mass is 16.5. The first kappa shape index (κ1) is 16.0. The standard InChI is InChI=1S/C21H18O3/c22-14-16-10-12-18(13-11-16)19-8-4-5-9-20(19)21(23)24-15-17-6-2-1-3-7-17/h1-13,22H,14-15H2. The monoisotopic (exact) mass is 318 g/mol. The summed E-state index contributed by atoms with van der Waals surface area (Å²) in [4.78, 5) is 12.5. The number of carbonyl (C=O) groups is 1. The number of aliphatic hydroxyl groups excluding tert-OH is 1. The Balaban J connectivity index is 1.81. The molecule has 3 nitrogen and oxygen atoms in total. The number of aliphatic hydroxyl groups is 1. The van der Waals surface area contributed by atoms with Crippen LogP contribution in [0.25, 0.3) is 11.1 Å². The molecule has 0 aliphatic carbocycles. The van der Waals surface area contributed by atoms with Gasteiger partial charge in [0.2, 0.25) is 0 Å². The molecule has 1 N–H and O–H groups in total. The summed E-state index contributed by atoms with van der Waals surface area (Å²) >= 11 is 0. The molecule has 0 fully saturated rings. The molecule has 3 aromatic rings. The van der Waals surface area contributed by atoms with Gasteiger partial charge in [0.05, 0.1) is 12.2 Å². The van der Waals surface area contributed by atoms with Crippen molar-refractivity contribution < 1.29 is 14.6 Å². The van der Waals surface area contributed by atoms with Crippen molar-refractivity contribution in [2.75, 3.05) is 0 Å². The summed E-state index contributed by atoms with van der Waals surface area (Å²) in [6.07, 6.45) is 0. The van der Waals surface area contributed by atoms with Crippen molar-refractivity contribution in [3.8, 4) is 11.1 Å². The van der Waals surface area contributed by atoms with E-state index in [4.69, 9.17) is 9.84 Å². The second-order valence-corrected chi connectivity index (χ2v) is 5.46. The van der Waals surface area contributed by atoms with E-state index in [1.807, 2.05) is 72.8 Å². The van der Waals surface area contributed by atoms with Crippen LogP contribution in [0.15, 0.2) is 78.9 Å². The van der Waals surface area contributed by atoms with Crippen molar-refractivity contribution in [1.82, 2.24) is 0 Å². The zero-order valence-electron chi connectivity index (χ0n) is 13.2. The molecule has 3 heteroatoms. The molecule has 0 amide bonds. The number of hydrogen-bond acceptors (Lipinski definition) is 3. The lowest BCUT2D eigenvalue weighted by Crippen LogP contribution is -2.07.